The summed E-state index contributed by atoms with van der Waals surface area (Å²) in [6, 6.07) is 7.87. The molecule has 1 saturated heterocycles. The van der Waals surface area contributed by atoms with Gasteiger partial charge in [0.1, 0.15) is 5.56 Å². The summed E-state index contributed by atoms with van der Waals surface area (Å²) in [6.07, 6.45) is 1.76. The summed E-state index contributed by atoms with van der Waals surface area (Å²) < 4.78 is 10.8. The van der Waals surface area contributed by atoms with Gasteiger partial charge in [-0.05, 0) is 19.9 Å². The molecule has 1 atom stereocenters. The van der Waals surface area contributed by atoms with E-state index in [1.807, 2.05) is 38.1 Å². The number of para-hydroxylation sites is 1. The third-order valence-electron chi connectivity index (χ3n) is 3.80. The number of nitrogens with zero attached hydrogens (tertiary/aromatic N) is 2. The summed E-state index contributed by atoms with van der Waals surface area (Å²) in [6.45, 7) is 6.36. The Morgan fingerprint density at radius 3 is 3.05 bits per heavy atom. The minimum atomic E-state index is -0.324. The maximum absolute atomic E-state index is 12.3. The maximum Gasteiger partial charge on any atom is 0.341 e. The van der Waals surface area contributed by atoms with Crippen molar-refractivity contribution in [1.29, 1.82) is 0 Å². The van der Waals surface area contributed by atoms with Gasteiger partial charge in [0.25, 0.3) is 0 Å². The van der Waals surface area contributed by atoms with Crippen molar-refractivity contribution in [3.63, 3.8) is 0 Å². The maximum atomic E-state index is 12.3. The predicted molar refractivity (Wildman–Crippen MR) is 85.3 cm³/mol. The third-order valence-corrected chi connectivity index (χ3v) is 3.80. The molecule has 0 spiro atoms. The number of benzene rings is 1. The number of esters is 1. The summed E-state index contributed by atoms with van der Waals surface area (Å²) in [7, 11) is 0. The van der Waals surface area contributed by atoms with Crippen molar-refractivity contribution in [3.8, 4) is 0 Å². The second kappa shape index (κ2) is 6.32. The third kappa shape index (κ3) is 2.76. The monoisotopic (exact) mass is 300 g/mol. The molecule has 0 aliphatic carbocycles. The molecule has 1 aromatic carbocycles. The lowest BCUT2D eigenvalue weighted by atomic mass is 10.1. The van der Waals surface area contributed by atoms with E-state index >= 15 is 0 Å². The van der Waals surface area contributed by atoms with E-state index < -0.39 is 0 Å². The normalized spacial score (nSPS) is 18.5. The van der Waals surface area contributed by atoms with E-state index in [4.69, 9.17) is 9.47 Å². The van der Waals surface area contributed by atoms with Crippen molar-refractivity contribution < 1.29 is 14.3 Å². The number of carbonyl (C=O) groups excluding carboxylic acids is 1. The summed E-state index contributed by atoms with van der Waals surface area (Å²) in [5, 5.41) is 0.974. The summed E-state index contributed by atoms with van der Waals surface area (Å²) >= 11 is 0. The first-order valence-corrected chi connectivity index (χ1v) is 7.62. The molecule has 3 rings (SSSR count). The largest absolute Gasteiger partial charge is 0.462 e. The zero-order chi connectivity index (χ0) is 15.5. The predicted octanol–water partition coefficient (Wildman–Crippen LogP) is 2.64. The van der Waals surface area contributed by atoms with Gasteiger partial charge in [-0.15, -0.1) is 0 Å². The van der Waals surface area contributed by atoms with Crippen molar-refractivity contribution in [2.45, 2.75) is 20.0 Å². The Kier molecular flexibility index (Phi) is 4.24. The van der Waals surface area contributed by atoms with Crippen LogP contribution >= 0.6 is 0 Å². The highest BCUT2D eigenvalue weighted by atomic mass is 16.5. The average Bonchev–Trinajstić information content (AvgIpc) is 2.54. The number of fused-ring (bicyclic) bond motifs is 1. The van der Waals surface area contributed by atoms with Crippen LogP contribution in [0.2, 0.25) is 0 Å². The van der Waals surface area contributed by atoms with E-state index in [2.05, 4.69) is 9.88 Å². The molecule has 1 fully saturated rings. The lowest BCUT2D eigenvalue weighted by Gasteiger charge is -2.34. The van der Waals surface area contributed by atoms with Crippen LogP contribution in [0.25, 0.3) is 10.9 Å². The Morgan fingerprint density at radius 2 is 2.27 bits per heavy atom. The van der Waals surface area contributed by atoms with E-state index in [-0.39, 0.29) is 12.1 Å². The number of morpholine rings is 1. The number of rotatable bonds is 3. The molecule has 5 heteroatoms. The Morgan fingerprint density at radius 1 is 1.45 bits per heavy atom. The molecular weight excluding hydrogens is 280 g/mol. The van der Waals surface area contributed by atoms with Crippen LogP contribution in [0.3, 0.4) is 0 Å². The molecule has 2 aromatic rings. The molecular formula is C17H20N2O3. The molecule has 1 aliphatic rings. The van der Waals surface area contributed by atoms with Gasteiger partial charge in [-0.3, -0.25) is 4.98 Å². The van der Waals surface area contributed by atoms with E-state index in [0.29, 0.717) is 18.8 Å². The number of anilines is 1. The van der Waals surface area contributed by atoms with Gasteiger partial charge in [0.05, 0.1) is 30.5 Å². The summed E-state index contributed by atoms with van der Waals surface area (Å²) in [5.74, 6) is -0.324. The molecule has 1 aromatic heterocycles. The fourth-order valence-corrected chi connectivity index (χ4v) is 2.85. The Bertz CT molecular complexity index is 687. The number of ether oxygens (including phenoxy) is 2. The molecule has 0 bridgehead atoms. The van der Waals surface area contributed by atoms with Crippen molar-refractivity contribution in [2.75, 3.05) is 31.2 Å². The average molecular weight is 300 g/mol. The molecule has 0 N–H and O–H groups in total. The van der Waals surface area contributed by atoms with Gasteiger partial charge in [0.2, 0.25) is 0 Å². The van der Waals surface area contributed by atoms with Crippen LogP contribution in [0.5, 0.6) is 0 Å². The van der Waals surface area contributed by atoms with Crippen molar-refractivity contribution in [1.82, 2.24) is 4.98 Å². The fourth-order valence-electron chi connectivity index (χ4n) is 2.85. The molecule has 5 nitrogen and oxygen atoms in total. The number of carbonyl (C=O) groups is 1. The number of aromatic nitrogens is 1. The number of hydrogen-bond acceptors (Lipinski definition) is 5. The van der Waals surface area contributed by atoms with Crippen LogP contribution < -0.4 is 4.90 Å². The summed E-state index contributed by atoms with van der Waals surface area (Å²) in [4.78, 5) is 18.9. The van der Waals surface area contributed by atoms with Crippen LogP contribution in [0.1, 0.15) is 24.2 Å². The first-order valence-electron chi connectivity index (χ1n) is 7.62. The Labute approximate surface area is 129 Å². The van der Waals surface area contributed by atoms with E-state index in [0.717, 1.165) is 29.7 Å². The van der Waals surface area contributed by atoms with E-state index in [1.165, 1.54) is 0 Å². The lowest BCUT2D eigenvalue weighted by Crippen LogP contribution is -2.42. The topological polar surface area (TPSA) is 51.7 Å². The lowest BCUT2D eigenvalue weighted by molar-refractivity contribution is 0.0501. The minimum Gasteiger partial charge on any atom is -0.462 e. The quantitative estimate of drug-likeness (QED) is 0.816. The van der Waals surface area contributed by atoms with Gasteiger partial charge in [-0.25, -0.2) is 4.79 Å². The number of pyridine rings is 1. The SMILES string of the molecule is CCOC(=O)c1cnc2ccccc2c1N1CCOC(C)C1. The fraction of sp³-hybridized carbons (Fsp3) is 0.412. The molecule has 1 unspecified atom stereocenters. The van der Waals surface area contributed by atoms with Crippen molar-refractivity contribution >= 4 is 22.6 Å². The first-order chi connectivity index (χ1) is 10.7. The van der Waals surface area contributed by atoms with Gasteiger partial charge in [0.15, 0.2) is 0 Å². The van der Waals surface area contributed by atoms with Gasteiger partial charge in [-0.2, -0.15) is 0 Å². The standard InChI is InChI=1S/C17H20N2O3/c1-3-21-17(20)14-10-18-15-7-5-4-6-13(15)16(14)19-8-9-22-12(2)11-19/h4-7,10,12H,3,8-9,11H2,1-2H3. The minimum absolute atomic E-state index is 0.135. The molecule has 116 valence electrons. The van der Waals surface area contributed by atoms with Crippen molar-refractivity contribution in [3.05, 3.63) is 36.0 Å². The van der Waals surface area contributed by atoms with Crippen LogP contribution in [0.15, 0.2) is 30.5 Å². The van der Waals surface area contributed by atoms with Crippen molar-refractivity contribution in [2.24, 2.45) is 0 Å². The van der Waals surface area contributed by atoms with Gasteiger partial charge >= 0.3 is 5.97 Å². The first kappa shape index (κ1) is 14.8. The smallest absolute Gasteiger partial charge is 0.341 e. The highest BCUT2D eigenvalue weighted by molar-refractivity contribution is 6.05. The van der Waals surface area contributed by atoms with Crippen LogP contribution in [-0.2, 0) is 9.47 Å². The molecule has 22 heavy (non-hydrogen) atoms. The molecule has 0 amide bonds. The van der Waals surface area contributed by atoms with Crippen LogP contribution in [-0.4, -0.2) is 43.4 Å². The van der Waals surface area contributed by atoms with Gasteiger partial charge in [0, 0.05) is 24.7 Å². The molecule has 2 heterocycles. The zero-order valence-electron chi connectivity index (χ0n) is 12.9. The number of hydrogen-bond donors (Lipinski definition) is 0. The van der Waals surface area contributed by atoms with E-state index in [1.54, 1.807) is 6.20 Å². The Hall–Kier alpha value is -2.14. The zero-order valence-corrected chi connectivity index (χ0v) is 12.9. The summed E-state index contributed by atoms with van der Waals surface area (Å²) in [5.41, 5.74) is 2.30. The highest BCUT2D eigenvalue weighted by Crippen LogP contribution is 2.31. The second-order valence-electron chi connectivity index (χ2n) is 5.39. The molecule has 0 saturated carbocycles. The second-order valence-corrected chi connectivity index (χ2v) is 5.39. The Balaban J connectivity index is 2.13. The molecule has 1 aliphatic heterocycles. The highest BCUT2D eigenvalue weighted by Gasteiger charge is 2.25. The van der Waals surface area contributed by atoms with Gasteiger partial charge < -0.3 is 14.4 Å². The van der Waals surface area contributed by atoms with Crippen LogP contribution in [0, 0.1) is 0 Å². The van der Waals surface area contributed by atoms with Crippen LogP contribution in [0.4, 0.5) is 5.69 Å². The van der Waals surface area contributed by atoms with E-state index in [9.17, 15) is 4.79 Å². The molecule has 0 radical (unpaired) electrons. The van der Waals surface area contributed by atoms with Gasteiger partial charge in [-0.1, -0.05) is 18.2 Å².